The maximum absolute atomic E-state index is 11.0. The molecule has 0 fully saturated rings. The number of fused-ring (bicyclic) bond motifs is 1. The number of rotatable bonds is 1. The molecule has 1 aromatic carbocycles. The molecule has 0 aliphatic heterocycles. The van der Waals surface area contributed by atoms with Crippen molar-refractivity contribution in [1.29, 1.82) is 0 Å². The summed E-state index contributed by atoms with van der Waals surface area (Å²) in [6.07, 6.45) is 0. The van der Waals surface area contributed by atoms with Crippen LogP contribution in [0.25, 0.3) is 21.5 Å². The van der Waals surface area contributed by atoms with Gasteiger partial charge in [0.1, 0.15) is 0 Å². The highest BCUT2D eigenvalue weighted by Crippen LogP contribution is 2.26. The van der Waals surface area contributed by atoms with Gasteiger partial charge in [-0.15, -0.1) is 11.3 Å². The van der Waals surface area contributed by atoms with Crippen molar-refractivity contribution in [2.75, 3.05) is 0 Å². The molecule has 0 bridgehead atoms. The highest BCUT2D eigenvalue weighted by atomic mass is 32.1. The van der Waals surface area contributed by atoms with Crippen LogP contribution in [0.2, 0.25) is 0 Å². The van der Waals surface area contributed by atoms with Gasteiger partial charge in [0.05, 0.1) is 5.52 Å². The van der Waals surface area contributed by atoms with Crippen LogP contribution in [0.15, 0.2) is 44.9 Å². The summed E-state index contributed by atoms with van der Waals surface area (Å²) in [7, 11) is 0. The van der Waals surface area contributed by atoms with Gasteiger partial charge in [0.2, 0.25) is 0 Å². The number of H-pyrrole nitrogens is 1. The van der Waals surface area contributed by atoms with Crippen LogP contribution in [-0.2, 0) is 0 Å². The Kier molecular flexibility index (Phi) is 1.76. The third-order valence-corrected chi connectivity index (χ3v) is 3.15. The Hall–Kier alpha value is -1.81. The molecular formula is C11H7NO2S. The van der Waals surface area contributed by atoms with Crippen LogP contribution in [-0.4, -0.2) is 4.98 Å². The fourth-order valence-electron chi connectivity index (χ4n) is 1.54. The standard InChI is InChI=1S/C11H7NO2S/c13-11-12-8-4-3-7(6-9(8)14-11)10-2-1-5-15-10/h1-6H,(H,12,13). The number of aromatic nitrogens is 1. The van der Waals surface area contributed by atoms with Crippen molar-refractivity contribution in [2.24, 2.45) is 0 Å². The smallest absolute Gasteiger partial charge is 0.408 e. The molecule has 0 aliphatic rings. The summed E-state index contributed by atoms with van der Waals surface area (Å²) in [5, 5.41) is 2.02. The van der Waals surface area contributed by atoms with E-state index in [0.29, 0.717) is 5.58 Å². The number of benzene rings is 1. The Labute approximate surface area is 89.0 Å². The number of hydrogen-bond acceptors (Lipinski definition) is 3. The predicted molar refractivity (Wildman–Crippen MR) is 60.1 cm³/mol. The number of thiophene rings is 1. The second-order valence-electron chi connectivity index (χ2n) is 3.20. The average molecular weight is 217 g/mol. The zero-order chi connectivity index (χ0) is 10.3. The molecular weight excluding hydrogens is 210 g/mol. The van der Waals surface area contributed by atoms with Gasteiger partial charge in [0.15, 0.2) is 5.58 Å². The summed E-state index contributed by atoms with van der Waals surface area (Å²) >= 11 is 1.66. The van der Waals surface area contributed by atoms with Crippen LogP contribution < -0.4 is 5.76 Å². The minimum atomic E-state index is -0.409. The minimum Gasteiger partial charge on any atom is -0.408 e. The lowest BCUT2D eigenvalue weighted by atomic mass is 10.2. The molecule has 0 spiro atoms. The first-order valence-electron chi connectivity index (χ1n) is 4.50. The first-order chi connectivity index (χ1) is 7.33. The molecule has 0 amide bonds. The Bertz CT molecular complexity index is 649. The monoisotopic (exact) mass is 217 g/mol. The maximum Gasteiger partial charge on any atom is 0.417 e. The molecule has 0 unspecified atom stereocenters. The zero-order valence-electron chi connectivity index (χ0n) is 7.69. The van der Waals surface area contributed by atoms with Gasteiger partial charge in [0, 0.05) is 4.88 Å². The van der Waals surface area contributed by atoms with E-state index in [1.54, 1.807) is 11.3 Å². The zero-order valence-corrected chi connectivity index (χ0v) is 8.51. The van der Waals surface area contributed by atoms with Crippen LogP contribution in [0.4, 0.5) is 0 Å². The summed E-state index contributed by atoms with van der Waals surface area (Å²) in [5.74, 6) is -0.409. The molecule has 74 valence electrons. The lowest BCUT2D eigenvalue weighted by Crippen LogP contribution is -1.92. The number of nitrogens with one attached hydrogen (secondary N) is 1. The lowest BCUT2D eigenvalue weighted by Gasteiger charge is -1.95. The fraction of sp³-hybridized carbons (Fsp3) is 0. The van der Waals surface area contributed by atoms with Crippen molar-refractivity contribution in [1.82, 2.24) is 4.98 Å². The maximum atomic E-state index is 11.0. The van der Waals surface area contributed by atoms with Gasteiger partial charge in [0.25, 0.3) is 0 Å². The van der Waals surface area contributed by atoms with Gasteiger partial charge in [-0.25, -0.2) is 4.79 Å². The van der Waals surface area contributed by atoms with Crippen molar-refractivity contribution in [3.05, 3.63) is 46.3 Å². The summed E-state index contributed by atoms with van der Waals surface area (Å²) in [4.78, 5) is 14.7. The Morgan fingerprint density at radius 1 is 1.27 bits per heavy atom. The van der Waals surface area contributed by atoms with Crippen LogP contribution >= 0.6 is 11.3 Å². The van der Waals surface area contributed by atoms with E-state index < -0.39 is 5.76 Å². The summed E-state index contributed by atoms with van der Waals surface area (Å²) in [6.45, 7) is 0. The van der Waals surface area contributed by atoms with Gasteiger partial charge >= 0.3 is 5.76 Å². The summed E-state index contributed by atoms with van der Waals surface area (Å²) in [5.41, 5.74) is 2.41. The molecule has 15 heavy (non-hydrogen) atoms. The molecule has 1 N–H and O–H groups in total. The van der Waals surface area contributed by atoms with Crippen molar-refractivity contribution in [3.8, 4) is 10.4 Å². The van der Waals surface area contributed by atoms with Crippen molar-refractivity contribution in [3.63, 3.8) is 0 Å². The highest BCUT2D eigenvalue weighted by Gasteiger charge is 2.03. The topological polar surface area (TPSA) is 46.0 Å². The van der Waals surface area contributed by atoms with Crippen molar-refractivity contribution in [2.45, 2.75) is 0 Å². The largest absolute Gasteiger partial charge is 0.417 e. The van der Waals surface area contributed by atoms with Gasteiger partial charge in [-0.05, 0) is 29.1 Å². The molecule has 2 aromatic heterocycles. The molecule has 0 radical (unpaired) electrons. The summed E-state index contributed by atoms with van der Waals surface area (Å²) < 4.78 is 5.00. The van der Waals surface area contributed by atoms with E-state index in [2.05, 4.69) is 4.98 Å². The number of hydrogen-bond donors (Lipinski definition) is 1. The molecule has 2 heterocycles. The summed E-state index contributed by atoms with van der Waals surface area (Å²) in [6, 6.07) is 9.74. The first kappa shape index (κ1) is 8.49. The molecule has 3 rings (SSSR count). The third kappa shape index (κ3) is 1.39. The van der Waals surface area contributed by atoms with Crippen molar-refractivity contribution >= 4 is 22.4 Å². The first-order valence-corrected chi connectivity index (χ1v) is 5.38. The quantitative estimate of drug-likeness (QED) is 0.681. The van der Waals surface area contributed by atoms with Gasteiger partial charge in [-0.2, -0.15) is 0 Å². The van der Waals surface area contributed by atoms with E-state index in [-0.39, 0.29) is 0 Å². The highest BCUT2D eigenvalue weighted by molar-refractivity contribution is 7.13. The SMILES string of the molecule is O=c1[nH]c2ccc(-c3cccs3)cc2o1. The van der Waals surface area contributed by atoms with Crippen molar-refractivity contribution < 1.29 is 4.42 Å². The lowest BCUT2D eigenvalue weighted by molar-refractivity contribution is 0.555. The van der Waals surface area contributed by atoms with Crippen LogP contribution in [0, 0.1) is 0 Å². The number of aromatic amines is 1. The normalized spacial score (nSPS) is 10.9. The number of oxazole rings is 1. The fourth-order valence-corrected chi connectivity index (χ4v) is 2.27. The van der Waals surface area contributed by atoms with E-state index in [0.717, 1.165) is 11.1 Å². The van der Waals surface area contributed by atoms with E-state index in [9.17, 15) is 4.79 Å². The van der Waals surface area contributed by atoms with E-state index in [4.69, 9.17) is 4.42 Å². The van der Waals surface area contributed by atoms with Gasteiger partial charge in [-0.1, -0.05) is 12.1 Å². The Balaban J connectivity index is 2.26. The average Bonchev–Trinajstić information content (AvgIpc) is 2.82. The predicted octanol–water partition coefficient (Wildman–Crippen LogP) is 2.85. The van der Waals surface area contributed by atoms with E-state index in [1.165, 1.54) is 4.88 Å². The van der Waals surface area contributed by atoms with Gasteiger partial charge < -0.3 is 4.42 Å². The second kappa shape index (κ2) is 3.10. The van der Waals surface area contributed by atoms with Gasteiger partial charge in [-0.3, -0.25) is 4.98 Å². The van der Waals surface area contributed by atoms with Crippen LogP contribution in [0.3, 0.4) is 0 Å². The third-order valence-electron chi connectivity index (χ3n) is 2.23. The molecule has 0 saturated carbocycles. The molecule has 0 atom stereocenters. The Morgan fingerprint density at radius 3 is 3.00 bits per heavy atom. The molecule has 0 saturated heterocycles. The molecule has 3 nitrogen and oxygen atoms in total. The van der Waals surface area contributed by atoms with Crippen LogP contribution in [0.5, 0.6) is 0 Å². The molecule has 0 aliphatic carbocycles. The van der Waals surface area contributed by atoms with E-state index >= 15 is 0 Å². The Morgan fingerprint density at radius 2 is 2.20 bits per heavy atom. The second-order valence-corrected chi connectivity index (χ2v) is 4.15. The molecule has 4 heteroatoms. The van der Waals surface area contributed by atoms with Crippen LogP contribution in [0.1, 0.15) is 0 Å². The minimum absolute atomic E-state index is 0.409. The molecule has 3 aromatic rings. The van der Waals surface area contributed by atoms with E-state index in [1.807, 2.05) is 35.7 Å².